The van der Waals surface area contributed by atoms with Gasteiger partial charge in [0.1, 0.15) is 11.5 Å². The first-order chi connectivity index (χ1) is 12.7. The van der Waals surface area contributed by atoms with Crippen molar-refractivity contribution in [1.82, 2.24) is 9.97 Å². The first-order valence-corrected chi connectivity index (χ1v) is 9.45. The van der Waals surface area contributed by atoms with Crippen LogP contribution in [0.3, 0.4) is 0 Å². The lowest BCUT2D eigenvalue weighted by Gasteiger charge is -2.08. The van der Waals surface area contributed by atoms with E-state index in [2.05, 4.69) is 22.2 Å². The molecule has 0 spiro atoms. The highest BCUT2D eigenvalue weighted by atomic mass is 32.2. The second-order valence-electron chi connectivity index (χ2n) is 5.60. The van der Waals surface area contributed by atoms with Gasteiger partial charge < -0.3 is 10.3 Å². The van der Waals surface area contributed by atoms with Gasteiger partial charge in [-0.25, -0.2) is 4.98 Å². The number of benzene rings is 1. The van der Waals surface area contributed by atoms with E-state index in [0.717, 1.165) is 17.1 Å². The predicted molar refractivity (Wildman–Crippen MR) is 105 cm³/mol. The van der Waals surface area contributed by atoms with Crippen molar-refractivity contribution in [2.45, 2.75) is 12.7 Å². The van der Waals surface area contributed by atoms with Crippen LogP contribution in [0.4, 0.5) is 5.82 Å². The highest BCUT2D eigenvalue weighted by Crippen LogP contribution is 2.19. The molecule has 1 amide bonds. The number of aromatic amines is 1. The van der Waals surface area contributed by atoms with E-state index in [1.54, 1.807) is 42.4 Å². The number of hydrogen-bond donors (Lipinski definition) is 2. The number of pyridine rings is 1. The number of H-pyrrole nitrogens is 1. The average molecular weight is 365 g/mol. The van der Waals surface area contributed by atoms with Crippen LogP contribution in [-0.2, 0) is 5.75 Å². The maximum atomic E-state index is 12.5. The fourth-order valence-corrected chi connectivity index (χ4v) is 3.12. The molecule has 0 radical (unpaired) electrons. The number of hydrogen-bond acceptors (Lipinski definition) is 4. The first-order valence-electron chi connectivity index (χ1n) is 8.30. The van der Waals surface area contributed by atoms with Gasteiger partial charge in [0.2, 0.25) is 0 Å². The molecule has 0 unspecified atom stereocenters. The number of nitrogens with one attached hydrogen (secondary N) is 2. The Hall–Kier alpha value is -2.86. The SMILES string of the molecule is CCSCc1cccnc1NC(=O)c1cc(C(=O)c2ccccc2)c[nH]1. The van der Waals surface area contributed by atoms with E-state index in [1.165, 1.54) is 0 Å². The van der Waals surface area contributed by atoms with Crippen molar-refractivity contribution in [2.75, 3.05) is 11.1 Å². The Bertz CT molecular complexity index is 906. The van der Waals surface area contributed by atoms with Crippen molar-refractivity contribution in [3.63, 3.8) is 0 Å². The van der Waals surface area contributed by atoms with Gasteiger partial charge in [-0.3, -0.25) is 9.59 Å². The quantitative estimate of drug-likeness (QED) is 0.617. The Morgan fingerprint density at radius 3 is 2.69 bits per heavy atom. The molecule has 0 aliphatic rings. The van der Waals surface area contributed by atoms with E-state index in [4.69, 9.17) is 0 Å². The molecule has 0 saturated carbocycles. The molecule has 0 aliphatic heterocycles. The zero-order valence-electron chi connectivity index (χ0n) is 14.4. The first kappa shape index (κ1) is 17.9. The van der Waals surface area contributed by atoms with Crippen LogP contribution in [0.25, 0.3) is 0 Å². The molecule has 5 nitrogen and oxygen atoms in total. The predicted octanol–water partition coefficient (Wildman–Crippen LogP) is 4.15. The fraction of sp³-hybridized carbons (Fsp3) is 0.150. The number of thioether (sulfide) groups is 1. The maximum Gasteiger partial charge on any atom is 0.273 e. The molecule has 3 rings (SSSR count). The van der Waals surface area contributed by atoms with Gasteiger partial charge in [0.25, 0.3) is 5.91 Å². The molecule has 132 valence electrons. The van der Waals surface area contributed by atoms with E-state index in [0.29, 0.717) is 22.6 Å². The molecular formula is C20H19N3O2S. The number of aromatic nitrogens is 2. The van der Waals surface area contributed by atoms with Crippen molar-refractivity contribution >= 4 is 29.3 Å². The maximum absolute atomic E-state index is 12.5. The van der Waals surface area contributed by atoms with E-state index >= 15 is 0 Å². The van der Waals surface area contributed by atoms with Crippen molar-refractivity contribution < 1.29 is 9.59 Å². The summed E-state index contributed by atoms with van der Waals surface area (Å²) in [7, 11) is 0. The monoisotopic (exact) mass is 365 g/mol. The summed E-state index contributed by atoms with van der Waals surface area (Å²) in [5, 5.41) is 2.82. The summed E-state index contributed by atoms with van der Waals surface area (Å²) in [4.78, 5) is 32.1. The standard InChI is InChI=1S/C20H19N3O2S/c1-2-26-13-15-9-6-10-21-19(15)23-20(25)17-11-16(12-22-17)18(24)14-7-4-3-5-8-14/h3-12,22H,2,13H2,1H3,(H,21,23,25). The zero-order valence-corrected chi connectivity index (χ0v) is 15.2. The van der Waals surface area contributed by atoms with Crippen LogP contribution < -0.4 is 5.32 Å². The number of carbonyl (C=O) groups excluding carboxylic acids is 2. The molecule has 0 saturated heterocycles. The molecule has 0 atom stereocenters. The van der Waals surface area contributed by atoms with Crippen LogP contribution in [0.15, 0.2) is 60.9 Å². The normalized spacial score (nSPS) is 10.5. The molecule has 0 bridgehead atoms. The Kier molecular flexibility index (Phi) is 5.86. The van der Waals surface area contributed by atoms with E-state index in [-0.39, 0.29) is 11.7 Å². The molecule has 26 heavy (non-hydrogen) atoms. The van der Waals surface area contributed by atoms with Crippen LogP contribution in [-0.4, -0.2) is 27.4 Å². The minimum Gasteiger partial charge on any atom is -0.356 e. The molecule has 0 aliphatic carbocycles. The largest absolute Gasteiger partial charge is 0.356 e. The molecule has 2 N–H and O–H groups in total. The van der Waals surface area contributed by atoms with Crippen LogP contribution in [0, 0.1) is 0 Å². The minimum atomic E-state index is -0.321. The summed E-state index contributed by atoms with van der Waals surface area (Å²) in [6.07, 6.45) is 3.20. The summed E-state index contributed by atoms with van der Waals surface area (Å²) in [6.45, 7) is 2.09. The van der Waals surface area contributed by atoms with Gasteiger partial charge in [0, 0.05) is 34.8 Å². The summed E-state index contributed by atoms with van der Waals surface area (Å²) < 4.78 is 0. The van der Waals surface area contributed by atoms with Crippen LogP contribution in [0.1, 0.15) is 38.9 Å². The Morgan fingerprint density at radius 2 is 1.92 bits per heavy atom. The highest BCUT2D eigenvalue weighted by molar-refractivity contribution is 7.98. The van der Waals surface area contributed by atoms with Gasteiger partial charge in [0.15, 0.2) is 5.78 Å². The van der Waals surface area contributed by atoms with Gasteiger partial charge >= 0.3 is 0 Å². The zero-order chi connectivity index (χ0) is 18.4. The Morgan fingerprint density at radius 1 is 1.12 bits per heavy atom. The van der Waals surface area contributed by atoms with Crippen LogP contribution in [0.5, 0.6) is 0 Å². The Labute approximate surface area is 156 Å². The number of amides is 1. The third-order valence-corrected chi connectivity index (χ3v) is 4.73. The van der Waals surface area contributed by atoms with Crippen LogP contribution >= 0.6 is 11.8 Å². The molecule has 6 heteroatoms. The highest BCUT2D eigenvalue weighted by Gasteiger charge is 2.16. The van der Waals surface area contributed by atoms with Crippen LogP contribution in [0.2, 0.25) is 0 Å². The van der Waals surface area contributed by atoms with Crippen molar-refractivity contribution in [1.29, 1.82) is 0 Å². The number of nitrogens with zero attached hydrogens (tertiary/aromatic N) is 1. The molecular weight excluding hydrogens is 346 g/mol. The summed E-state index contributed by atoms with van der Waals surface area (Å²) in [5.41, 5.74) is 2.33. The molecule has 3 aromatic rings. The summed E-state index contributed by atoms with van der Waals surface area (Å²) in [5.74, 6) is 1.87. The molecule has 2 aromatic heterocycles. The van der Waals surface area contributed by atoms with Crippen molar-refractivity contribution in [3.8, 4) is 0 Å². The van der Waals surface area contributed by atoms with E-state index in [1.807, 2.05) is 30.3 Å². The van der Waals surface area contributed by atoms with Gasteiger partial charge in [-0.05, 0) is 17.9 Å². The van der Waals surface area contributed by atoms with E-state index in [9.17, 15) is 9.59 Å². The van der Waals surface area contributed by atoms with Crippen molar-refractivity contribution in [2.24, 2.45) is 0 Å². The minimum absolute atomic E-state index is 0.126. The third-order valence-electron chi connectivity index (χ3n) is 3.81. The number of rotatable bonds is 7. The van der Waals surface area contributed by atoms with Gasteiger partial charge in [-0.2, -0.15) is 11.8 Å². The van der Waals surface area contributed by atoms with E-state index < -0.39 is 0 Å². The topological polar surface area (TPSA) is 74.8 Å². The molecule has 2 heterocycles. The van der Waals surface area contributed by atoms with Gasteiger partial charge in [-0.1, -0.05) is 43.3 Å². The van der Waals surface area contributed by atoms with Gasteiger partial charge in [0.05, 0.1) is 0 Å². The fourth-order valence-electron chi connectivity index (χ4n) is 2.47. The second-order valence-corrected chi connectivity index (χ2v) is 6.87. The Balaban J connectivity index is 1.74. The lowest BCUT2D eigenvalue weighted by Crippen LogP contribution is -2.14. The third kappa shape index (κ3) is 4.21. The van der Waals surface area contributed by atoms with Gasteiger partial charge in [-0.15, -0.1) is 0 Å². The smallest absolute Gasteiger partial charge is 0.273 e. The average Bonchev–Trinajstić information content (AvgIpc) is 3.18. The number of carbonyl (C=O) groups is 2. The molecule has 1 aromatic carbocycles. The number of anilines is 1. The van der Waals surface area contributed by atoms with Crippen molar-refractivity contribution in [3.05, 3.63) is 83.3 Å². The molecule has 0 fully saturated rings. The number of ketones is 1. The lowest BCUT2D eigenvalue weighted by atomic mass is 10.1. The second kappa shape index (κ2) is 8.49. The lowest BCUT2D eigenvalue weighted by molar-refractivity contribution is 0.102. The summed E-state index contributed by atoms with van der Waals surface area (Å²) >= 11 is 1.76. The summed E-state index contributed by atoms with van der Waals surface area (Å²) in [6, 6.07) is 14.3.